The molecule has 0 aliphatic heterocycles. The molecule has 0 amide bonds. The Morgan fingerprint density at radius 2 is 2.31 bits per heavy atom. The number of carbonyl (C=O) groups excluding carboxylic acids is 1. The fourth-order valence-electron chi connectivity index (χ4n) is 0.956. The highest BCUT2D eigenvalue weighted by Crippen LogP contribution is 2.26. The van der Waals surface area contributed by atoms with Crippen LogP contribution in [0.2, 0.25) is 0 Å². The summed E-state index contributed by atoms with van der Waals surface area (Å²) < 4.78 is 0. The van der Waals surface area contributed by atoms with Gasteiger partial charge in [0.15, 0.2) is 6.29 Å². The monoisotopic (exact) mass is 193 g/mol. The van der Waals surface area contributed by atoms with Crippen LogP contribution in [0.3, 0.4) is 0 Å². The first-order valence-electron chi connectivity index (χ1n) is 3.88. The summed E-state index contributed by atoms with van der Waals surface area (Å²) in [6.07, 6.45) is 2.52. The molecule has 1 heterocycles. The molecule has 0 bridgehead atoms. The highest BCUT2D eigenvalue weighted by Gasteiger charge is 2.01. The standard InChI is InChI=1S/C10H11NOS/c1-7-4-8(2)11-5-10(7)13-9(3)6-12/h4-6H,3H2,1-2H3. The summed E-state index contributed by atoms with van der Waals surface area (Å²) in [5, 5.41) is 0. The summed E-state index contributed by atoms with van der Waals surface area (Å²) in [4.78, 5) is 16.0. The fraction of sp³-hybridized carbons (Fsp3) is 0.200. The van der Waals surface area contributed by atoms with Crippen molar-refractivity contribution in [2.75, 3.05) is 0 Å². The number of thioether (sulfide) groups is 1. The van der Waals surface area contributed by atoms with Gasteiger partial charge in [-0.15, -0.1) is 0 Å². The van der Waals surface area contributed by atoms with E-state index in [1.165, 1.54) is 11.8 Å². The van der Waals surface area contributed by atoms with E-state index in [9.17, 15) is 4.79 Å². The molecule has 1 aromatic rings. The highest BCUT2D eigenvalue weighted by molar-refractivity contribution is 8.03. The Hall–Kier alpha value is -1.09. The Labute approximate surface area is 82.1 Å². The molecule has 0 unspecified atom stereocenters. The van der Waals surface area contributed by atoms with Crippen LogP contribution in [0.25, 0.3) is 0 Å². The molecule has 13 heavy (non-hydrogen) atoms. The maximum atomic E-state index is 10.3. The largest absolute Gasteiger partial charge is 0.297 e. The number of allylic oxidation sites excluding steroid dienone is 1. The summed E-state index contributed by atoms with van der Waals surface area (Å²) in [5.41, 5.74) is 2.11. The third-order valence-electron chi connectivity index (χ3n) is 1.57. The average Bonchev–Trinajstić information content (AvgIpc) is 2.09. The normalized spacial score (nSPS) is 9.69. The molecule has 2 nitrogen and oxygen atoms in total. The van der Waals surface area contributed by atoms with Gasteiger partial charge in [0.2, 0.25) is 0 Å². The quantitative estimate of drug-likeness (QED) is 0.419. The Morgan fingerprint density at radius 3 is 2.85 bits per heavy atom. The van der Waals surface area contributed by atoms with Gasteiger partial charge in [0.1, 0.15) is 0 Å². The molecule has 0 radical (unpaired) electrons. The van der Waals surface area contributed by atoms with Gasteiger partial charge in [0.25, 0.3) is 0 Å². The lowest BCUT2D eigenvalue weighted by atomic mass is 10.2. The maximum absolute atomic E-state index is 10.3. The van der Waals surface area contributed by atoms with Crippen LogP contribution in [0.1, 0.15) is 11.3 Å². The Morgan fingerprint density at radius 1 is 1.62 bits per heavy atom. The lowest BCUT2D eigenvalue weighted by molar-refractivity contribution is -0.104. The molecular weight excluding hydrogens is 182 g/mol. The Balaban J connectivity index is 2.89. The highest BCUT2D eigenvalue weighted by atomic mass is 32.2. The van der Waals surface area contributed by atoms with E-state index in [0.29, 0.717) is 4.91 Å². The summed E-state index contributed by atoms with van der Waals surface area (Å²) in [7, 11) is 0. The van der Waals surface area contributed by atoms with Crippen LogP contribution < -0.4 is 0 Å². The number of rotatable bonds is 3. The van der Waals surface area contributed by atoms with Crippen LogP contribution in [0.4, 0.5) is 0 Å². The predicted octanol–water partition coefficient (Wildman–Crippen LogP) is 2.50. The topological polar surface area (TPSA) is 30.0 Å². The average molecular weight is 193 g/mol. The fourth-order valence-corrected chi connectivity index (χ4v) is 1.61. The van der Waals surface area contributed by atoms with Gasteiger partial charge in [-0.25, -0.2) is 0 Å². The minimum atomic E-state index is 0.508. The van der Waals surface area contributed by atoms with E-state index >= 15 is 0 Å². The smallest absolute Gasteiger partial charge is 0.156 e. The third-order valence-corrected chi connectivity index (χ3v) is 2.58. The van der Waals surface area contributed by atoms with Crippen molar-refractivity contribution in [3.05, 3.63) is 35.0 Å². The molecule has 68 valence electrons. The van der Waals surface area contributed by atoms with E-state index in [4.69, 9.17) is 0 Å². The second-order valence-corrected chi connectivity index (χ2v) is 3.95. The van der Waals surface area contributed by atoms with Crippen LogP contribution in [-0.2, 0) is 4.79 Å². The van der Waals surface area contributed by atoms with Gasteiger partial charge >= 0.3 is 0 Å². The Kier molecular flexibility index (Phi) is 3.25. The Bertz CT molecular complexity index is 347. The summed E-state index contributed by atoms with van der Waals surface area (Å²) >= 11 is 1.35. The van der Waals surface area contributed by atoms with Crippen LogP contribution in [-0.4, -0.2) is 11.3 Å². The first-order chi connectivity index (χ1) is 6.13. The second-order valence-electron chi connectivity index (χ2n) is 2.78. The van der Waals surface area contributed by atoms with Gasteiger partial charge in [0, 0.05) is 21.7 Å². The molecule has 0 spiro atoms. The van der Waals surface area contributed by atoms with Crippen LogP contribution in [0, 0.1) is 13.8 Å². The van der Waals surface area contributed by atoms with Gasteiger partial charge in [-0.2, -0.15) is 0 Å². The van der Waals surface area contributed by atoms with Crippen molar-refractivity contribution < 1.29 is 4.79 Å². The number of aromatic nitrogens is 1. The van der Waals surface area contributed by atoms with Gasteiger partial charge in [-0.3, -0.25) is 9.78 Å². The van der Waals surface area contributed by atoms with Crippen LogP contribution >= 0.6 is 11.8 Å². The molecule has 3 heteroatoms. The summed E-state index contributed by atoms with van der Waals surface area (Å²) in [6.45, 7) is 7.53. The zero-order valence-electron chi connectivity index (χ0n) is 7.70. The molecule has 0 aliphatic carbocycles. The van der Waals surface area contributed by atoms with Crippen molar-refractivity contribution in [3.8, 4) is 0 Å². The van der Waals surface area contributed by atoms with Gasteiger partial charge in [-0.1, -0.05) is 18.3 Å². The molecule has 0 aromatic carbocycles. The van der Waals surface area contributed by atoms with Crippen molar-refractivity contribution in [2.45, 2.75) is 18.7 Å². The molecular formula is C10H11NOS. The maximum Gasteiger partial charge on any atom is 0.156 e. The van der Waals surface area contributed by atoms with Crippen molar-refractivity contribution in [3.63, 3.8) is 0 Å². The van der Waals surface area contributed by atoms with Crippen LogP contribution in [0.15, 0.2) is 28.6 Å². The van der Waals surface area contributed by atoms with Crippen LogP contribution in [0.5, 0.6) is 0 Å². The van der Waals surface area contributed by atoms with Gasteiger partial charge in [0.05, 0.1) is 0 Å². The number of hydrogen-bond donors (Lipinski definition) is 0. The third kappa shape index (κ3) is 2.70. The number of carbonyl (C=O) groups is 1. The number of aldehydes is 1. The lowest BCUT2D eigenvalue weighted by Gasteiger charge is -2.03. The summed E-state index contributed by atoms with van der Waals surface area (Å²) in [5.74, 6) is 0. The van der Waals surface area contributed by atoms with Gasteiger partial charge < -0.3 is 0 Å². The number of nitrogens with zero attached hydrogens (tertiary/aromatic N) is 1. The molecule has 0 N–H and O–H groups in total. The second kappa shape index (κ2) is 4.23. The molecule has 1 rings (SSSR count). The number of pyridine rings is 1. The predicted molar refractivity (Wildman–Crippen MR) is 54.8 cm³/mol. The van der Waals surface area contributed by atoms with Gasteiger partial charge in [-0.05, 0) is 25.5 Å². The molecule has 0 saturated heterocycles. The number of aryl methyl sites for hydroxylation is 2. The van der Waals surface area contributed by atoms with E-state index in [1.807, 2.05) is 19.9 Å². The molecule has 0 atom stereocenters. The van der Waals surface area contributed by atoms with Crippen molar-refractivity contribution in [1.82, 2.24) is 4.98 Å². The van der Waals surface area contributed by atoms with E-state index in [-0.39, 0.29) is 0 Å². The zero-order valence-corrected chi connectivity index (χ0v) is 8.52. The van der Waals surface area contributed by atoms with Crippen molar-refractivity contribution in [2.24, 2.45) is 0 Å². The first-order valence-corrected chi connectivity index (χ1v) is 4.70. The van der Waals surface area contributed by atoms with E-state index in [2.05, 4.69) is 11.6 Å². The van der Waals surface area contributed by atoms with E-state index in [0.717, 1.165) is 22.4 Å². The number of hydrogen-bond acceptors (Lipinski definition) is 3. The molecule has 0 aliphatic rings. The molecule has 1 aromatic heterocycles. The SMILES string of the molecule is C=C(C=O)Sc1cnc(C)cc1C. The molecule has 0 saturated carbocycles. The van der Waals surface area contributed by atoms with Crippen molar-refractivity contribution in [1.29, 1.82) is 0 Å². The molecule has 0 fully saturated rings. The minimum Gasteiger partial charge on any atom is -0.297 e. The summed E-state index contributed by atoms with van der Waals surface area (Å²) in [6, 6.07) is 1.99. The lowest BCUT2D eigenvalue weighted by Crippen LogP contribution is -1.86. The van der Waals surface area contributed by atoms with E-state index in [1.54, 1.807) is 6.20 Å². The minimum absolute atomic E-state index is 0.508. The van der Waals surface area contributed by atoms with E-state index < -0.39 is 0 Å². The zero-order chi connectivity index (χ0) is 9.84. The van der Waals surface area contributed by atoms with Crippen molar-refractivity contribution >= 4 is 18.0 Å². The first kappa shape index (κ1) is 9.99.